The van der Waals surface area contributed by atoms with Crippen LogP contribution in [0.5, 0.6) is 0 Å². The van der Waals surface area contributed by atoms with Crippen molar-refractivity contribution in [2.45, 2.75) is 25.8 Å². The molecule has 0 atom stereocenters. The topological polar surface area (TPSA) is 61.8 Å². The van der Waals surface area contributed by atoms with E-state index in [4.69, 9.17) is 9.73 Å². The molecule has 2 N–H and O–H groups in total. The number of halogens is 1. The van der Waals surface area contributed by atoms with Crippen molar-refractivity contribution in [2.75, 3.05) is 44.0 Å². The molecule has 1 aliphatic rings. The second-order valence-corrected chi connectivity index (χ2v) is 7.85. The van der Waals surface area contributed by atoms with E-state index < -0.39 is 0 Å². The molecule has 0 saturated carbocycles. The Bertz CT molecular complexity index is 842. The summed E-state index contributed by atoms with van der Waals surface area (Å²) in [6, 6.07) is 8.98. The summed E-state index contributed by atoms with van der Waals surface area (Å²) in [5.74, 6) is 2.28. The lowest BCUT2D eigenvalue weighted by Crippen LogP contribution is -2.38. The van der Waals surface area contributed by atoms with Crippen molar-refractivity contribution in [1.82, 2.24) is 15.6 Å². The summed E-state index contributed by atoms with van der Waals surface area (Å²) in [7, 11) is 0. The third-order valence-electron chi connectivity index (χ3n) is 4.84. The highest BCUT2D eigenvalue weighted by atomic mass is 32.2. The van der Waals surface area contributed by atoms with E-state index in [1.54, 1.807) is 17.8 Å². The van der Waals surface area contributed by atoms with Crippen molar-refractivity contribution >= 4 is 23.5 Å². The van der Waals surface area contributed by atoms with Gasteiger partial charge in [0.2, 0.25) is 0 Å². The average Bonchev–Trinajstić information content (AvgIpc) is 2.78. The fraction of sp³-hybridized carbons (Fsp3) is 0.455. The van der Waals surface area contributed by atoms with Crippen LogP contribution in [0.2, 0.25) is 0 Å². The van der Waals surface area contributed by atoms with Gasteiger partial charge < -0.3 is 20.3 Å². The summed E-state index contributed by atoms with van der Waals surface area (Å²) in [4.78, 5) is 11.6. The van der Waals surface area contributed by atoms with Crippen LogP contribution in [0.4, 0.5) is 10.2 Å². The third-order valence-corrected chi connectivity index (χ3v) is 5.44. The molecule has 0 bridgehead atoms. The molecule has 0 aliphatic carbocycles. The van der Waals surface area contributed by atoms with Crippen LogP contribution in [0.3, 0.4) is 0 Å². The molecule has 162 valence electrons. The summed E-state index contributed by atoms with van der Waals surface area (Å²) in [6.07, 6.45) is 3.84. The number of hydrogen-bond donors (Lipinski definition) is 2. The summed E-state index contributed by atoms with van der Waals surface area (Å²) < 4.78 is 19.1. The van der Waals surface area contributed by atoms with Crippen LogP contribution >= 0.6 is 11.8 Å². The minimum atomic E-state index is -0.199. The van der Waals surface area contributed by atoms with Crippen molar-refractivity contribution in [1.29, 1.82) is 0 Å². The fourth-order valence-electron chi connectivity index (χ4n) is 3.36. The van der Waals surface area contributed by atoms with Crippen molar-refractivity contribution in [2.24, 2.45) is 4.99 Å². The van der Waals surface area contributed by atoms with E-state index in [2.05, 4.69) is 26.6 Å². The summed E-state index contributed by atoms with van der Waals surface area (Å²) >= 11 is 1.68. The van der Waals surface area contributed by atoms with Crippen molar-refractivity contribution in [3.63, 3.8) is 0 Å². The van der Waals surface area contributed by atoms with Crippen molar-refractivity contribution in [3.05, 3.63) is 59.0 Å². The van der Waals surface area contributed by atoms with Gasteiger partial charge in [-0.2, -0.15) is 11.8 Å². The second-order valence-electron chi connectivity index (χ2n) is 6.98. The van der Waals surface area contributed by atoms with E-state index in [1.807, 2.05) is 31.5 Å². The van der Waals surface area contributed by atoms with Crippen LogP contribution in [0, 0.1) is 5.82 Å². The first kappa shape index (κ1) is 22.4. The number of thioether (sulfide) groups is 1. The van der Waals surface area contributed by atoms with E-state index in [9.17, 15) is 4.39 Å². The Morgan fingerprint density at radius 1 is 1.20 bits per heavy atom. The van der Waals surface area contributed by atoms with Gasteiger partial charge in [0.25, 0.3) is 0 Å². The van der Waals surface area contributed by atoms with Crippen molar-refractivity contribution in [3.8, 4) is 0 Å². The second kappa shape index (κ2) is 11.8. The molecule has 8 heteroatoms. The lowest BCUT2D eigenvalue weighted by atomic mass is 10.1. The van der Waals surface area contributed by atoms with Crippen molar-refractivity contribution < 1.29 is 9.13 Å². The van der Waals surface area contributed by atoms with Gasteiger partial charge in [-0.15, -0.1) is 0 Å². The smallest absolute Gasteiger partial charge is 0.191 e. The van der Waals surface area contributed by atoms with Crippen LogP contribution in [0.15, 0.2) is 41.5 Å². The highest BCUT2D eigenvalue weighted by Gasteiger charge is 2.15. The van der Waals surface area contributed by atoms with Gasteiger partial charge in [-0.1, -0.05) is 12.1 Å². The first-order chi connectivity index (χ1) is 14.7. The van der Waals surface area contributed by atoms with E-state index >= 15 is 0 Å². The zero-order valence-corrected chi connectivity index (χ0v) is 18.5. The van der Waals surface area contributed by atoms with Gasteiger partial charge in [-0.25, -0.2) is 14.4 Å². The fourth-order valence-corrected chi connectivity index (χ4v) is 3.94. The Labute approximate surface area is 182 Å². The van der Waals surface area contributed by atoms with Gasteiger partial charge in [0, 0.05) is 43.7 Å². The molecular formula is C22H30FN5OS. The van der Waals surface area contributed by atoms with Crippen LogP contribution in [-0.4, -0.2) is 50.0 Å². The van der Waals surface area contributed by atoms with Crippen LogP contribution < -0.4 is 15.5 Å². The molecule has 3 rings (SSSR count). The molecule has 2 heterocycles. The zero-order valence-electron chi connectivity index (χ0n) is 17.7. The van der Waals surface area contributed by atoms with Gasteiger partial charge in [-0.05, 0) is 42.5 Å². The highest BCUT2D eigenvalue weighted by molar-refractivity contribution is 7.97. The lowest BCUT2D eigenvalue weighted by molar-refractivity contribution is 0.122. The molecule has 1 fully saturated rings. The Morgan fingerprint density at radius 2 is 2.03 bits per heavy atom. The minimum absolute atomic E-state index is 0.199. The average molecular weight is 432 g/mol. The maximum absolute atomic E-state index is 13.6. The molecule has 1 saturated heterocycles. The molecular weight excluding hydrogens is 401 g/mol. The minimum Gasteiger partial charge on any atom is -0.378 e. The molecule has 0 amide bonds. The summed E-state index contributed by atoms with van der Waals surface area (Å²) in [6.45, 7) is 7.04. The highest BCUT2D eigenvalue weighted by Crippen LogP contribution is 2.19. The number of nitrogens with zero attached hydrogens (tertiary/aromatic N) is 3. The molecule has 1 aromatic carbocycles. The number of aliphatic imine (C=N–C) groups is 1. The third kappa shape index (κ3) is 6.34. The molecule has 6 nitrogen and oxygen atoms in total. The van der Waals surface area contributed by atoms with Crippen LogP contribution in [0.1, 0.15) is 23.6 Å². The number of morpholine rings is 1. The first-order valence-electron chi connectivity index (χ1n) is 10.3. The number of benzene rings is 1. The molecule has 1 aromatic heterocycles. The molecule has 30 heavy (non-hydrogen) atoms. The zero-order chi connectivity index (χ0) is 21.2. The van der Waals surface area contributed by atoms with Gasteiger partial charge in [0.05, 0.1) is 19.8 Å². The number of ether oxygens (including phenoxy) is 1. The predicted molar refractivity (Wildman–Crippen MR) is 123 cm³/mol. The van der Waals surface area contributed by atoms with Gasteiger partial charge in [-0.3, -0.25) is 0 Å². The van der Waals surface area contributed by atoms with E-state index in [0.717, 1.165) is 67.1 Å². The largest absolute Gasteiger partial charge is 0.378 e. The summed E-state index contributed by atoms with van der Waals surface area (Å²) in [5.41, 5.74) is 3.17. The quantitative estimate of drug-likeness (QED) is 0.495. The number of rotatable bonds is 8. The number of nitrogens with one attached hydrogen (secondary N) is 2. The molecule has 0 radical (unpaired) electrons. The maximum Gasteiger partial charge on any atom is 0.191 e. The Balaban J connectivity index is 1.70. The van der Waals surface area contributed by atoms with Crippen LogP contribution in [0.25, 0.3) is 0 Å². The number of hydrogen-bond acceptors (Lipinski definition) is 5. The van der Waals surface area contributed by atoms with E-state index in [1.165, 1.54) is 6.07 Å². The van der Waals surface area contributed by atoms with Gasteiger partial charge in [0.15, 0.2) is 5.96 Å². The Kier molecular flexibility index (Phi) is 8.77. The first-order valence-corrected chi connectivity index (χ1v) is 11.7. The monoisotopic (exact) mass is 431 g/mol. The maximum atomic E-state index is 13.6. The van der Waals surface area contributed by atoms with Crippen LogP contribution in [-0.2, 0) is 23.6 Å². The molecule has 1 aliphatic heterocycles. The van der Waals surface area contributed by atoms with E-state index in [0.29, 0.717) is 13.1 Å². The number of anilines is 1. The summed E-state index contributed by atoms with van der Waals surface area (Å²) in [5, 5.41) is 6.67. The lowest BCUT2D eigenvalue weighted by Gasteiger charge is -2.29. The number of guanidine groups is 1. The number of aromatic nitrogens is 1. The number of pyridine rings is 1. The standard InChI is InChI=1S/C22H30FN5OS/c1-3-24-22(26-14-17-6-7-20(23)13-19(17)16-30-2)27-15-18-5-4-8-25-21(18)28-9-11-29-12-10-28/h4-8,13H,3,9-12,14-16H2,1-2H3,(H2,24,26,27). The van der Waals surface area contributed by atoms with Gasteiger partial charge in [0.1, 0.15) is 11.6 Å². The molecule has 0 spiro atoms. The molecule has 0 unspecified atom stereocenters. The molecule has 2 aromatic rings. The normalized spacial score (nSPS) is 14.6. The Morgan fingerprint density at radius 3 is 2.80 bits per heavy atom. The van der Waals surface area contributed by atoms with Gasteiger partial charge >= 0.3 is 0 Å². The Hall–Kier alpha value is -2.32. The predicted octanol–water partition coefficient (Wildman–Crippen LogP) is 3.18. The SMILES string of the molecule is CCNC(=NCc1cccnc1N1CCOCC1)NCc1ccc(F)cc1CSC. The van der Waals surface area contributed by atoms with E-state index in [-0.39, 0.29) is 5.82 Å².